The van der Waals surface area contributed by atoms with Gasteiger partial charge in [-0.25, -0.2) is 9.18 Å². The van der Waals surface area contributed by atoms with Crippen LogP contribution in [0, 0.1) is 0 Å². The largest absolute Gasteiger partial charge is 0.445 e. The fourth-order valence-electron chi connectivity index (χ4n) is 2.87. The lowest BCUT2D eigenvalue weighted by atomic mass is 9.94. The molecule has 1 heterocycles. The third-order valence-electron chi connectivity index (χ3n) is 4.36. The van der Waals surface area contributed by atoms with E-state index in [0.717, 1.165) is 25.2 Å². The highest BCUT2D eigenvalue weighted by Crippen LogP contribution is 2.24. The number of hydrogen-bond donors (Lipinski definition) is 2. The number of hydrogen-bond acceptors (Lipinski definition) is 4. The molecule has 1 aromatic rings. The zero-order chi connectivity index (χ0) is 17.3. The standard InChI is InChI=1S/C18H28FN3O2/c1-2-22(15-18(19)8-10-20-11-9-18)13-12-21-17(23)24-14-16-6-4-3-5-7-16/h3-7,20H,2,8-15H2,1H3,(H,21,23). The van der Waals surface area contributed by atoms with E-state index in [4.69, 9.17) is 4.74 Å². The molecule has 24 heavy (non-hydrogen) atoms. The number of halogens is 1. The highest BCUT2D eigenvalue weighted by atomic mass is 19.1. The summed E-state index contributed by atoms with van der Waals surface area (Å²) in [6, 6.07) is 9.55. The second kappa shape index (κ2) is 9.59. The van der Waals surface area contributed by atoms with Crippen LogP contribution >= 0.6 is 0 Å². The molecule has 1 aliphatic heterocycles. The number of amides is 1. The molecule has 134 valence electrons. The van der Waals surface area contributed by atoms with E-state index in [1.807, 2.05) is 42.2 Å². The molecule has 1 aromatic carbocycles. The number of ether oxygens (including phenoxy) is 1. The molecule has 5 nitrogen and oxygen atoms in total. The predicted molar refractivity (Wildman–Crippen MR) is 92.7 cm³/mol. The number of likely N-dealkylation sites (N-methyl/N-ethyl adjacent to an activating group) is 1. The number of nitrogens with zero attached hydrogens (tertiary/aromatic N) is 1. The van der Waals surface area contributed by atoms with E-state index in [0.29, 0.717) is 32.5 Å². The molecule has 0 saturated carbocycles. The third kappa shape index (κ3) is 6.45. The maximum Gasteiger partial charge on any atom is 0.407 e. The normalized spacial score (nSPS) is 16.8. The molecule has 0 aromatic heterocycles. The topological polar surface area (TPSA) is 53.6 Å². The summed E-state index contributed by atoms with van der Waals surface area (Å²) in [5.41, 5.74) is -0.164. The lowest BCUT2D eigenvalue weighted by molar-refractivity contribution is 0.0636. The summed E-state index contributed by atoms with van der Waals surface area (Å²) in [5.74, 6) is 0. The van der Waals surface area contributed by atoms with Crippen LogP contribution in [0.2, 0.25) is 0 Å². The van der Waals surface area contributed by atoms with Crippen molar-refractivity contribution in [3.8, 4) is 0 Å². The highest BCUT2D eigenvalue weighted by molar-refractivity contribution is 5.67. The first-order chi connectivity index (χ1) is 11.6. The average Bonchev–Trinajstić information content (AvgIpc) is 2.60. The van der Waals surface area contributed by atoms with Crippen molar-refractivity contribution in [3.63, 3.8) is 0 Å². The molecule has 2 N–H and O–H groups in total. The van der Waals surface area contributed by atoms with Crippen LogP contribution in [0.4, 0.5) is 9.18 Å². The Kier molecular flexibility index (Phi) is 7.46. The van der Waals surface area contributed by atoms with Gasteiger partial charge in [0.2, 0.25) is 0 Å². The summed E-state index contributed by atoms with van der Waals surface area (Å²) in [6.45, 7) is 6.00. The fraction of sp³-hybridized carbons (Fsp3) is 0.611. The van der Waals surface area contributed by atoms with Crippen molar-refractivity contribution < 1.29 is 13.9 Å². The van der Waals surface area contributed by atoms with E-state index in [1.54, 1.807) is 0 Å². The number of nitrogens with one attached hydrogen (secondary N) is 2. The van der Waals surface area contributed by atoms with Gasteiger partial charge in [0, 0.05) is 19.6 Å². The van der Waals surface area contributed by atoms with E-state index in [2.05, 4.69) is 10.6 Å². The van der Waals surface area contributed by atoms with Gasteiger partial charge in [-0.05, 0) is 38.0 Å². The molecule has 2 rings (SSSR count). The van der Waals surface area contributed by atoms with Crippen LogP contribution in [-0.2, 0) is 11.3 Å². The monoisotopic (exact) mass is 337 g/mol. The van der Waals surface area contributed by atoms with Gasteiger partial charge in [-0.3, -0.25) is 4.90 Å². The summed E-state index contributed by atoms with van der Waals surface area (Å²) < 4.78 is 19.9. The molecule has 0 spiro atoms. The predicted octanol–water partition coefficient (Wildman–Crippen LogP) is 2.33. The number of alkyl halides is 1. The SMILES string of the molecule is CCN(CCNC(=O)OCc1ccccc1)CC1(F)CCNCC1. The van der Waals surface area contributed by atoms with Crippen LogP contribution in [0.25, 0.3) is 0 Å². The smallest absolute Gasteiger partial charge is 0.407 e. The van der Waals surface area contributed by atoms with Gasteiger partial charge in [0.15, 0.2) is 0 Å². The van der Waals surface area contributed by atoms with Crippen molar-refractivity contribution in [2.75, 3.05) is 39.3 Å². The van der Waals surface area contributed by atoms with Crippen LogP contribution in [-0.4, -0.2) is 55.9 Å². The summed E-state index contributed by atoms with van der Waals surface area (Å²) in [4.78, 5) is 13.7. The number of carbonyl (C=O) groups excluding carboxylic acids is 1. The van der Waals surface area contributed by atoms with Gasteiger partial charge in [-0.1, -0.05) is 37.3 Å². The second-order valence-corrected chi connectivity index (χ2v) is 6.26. The molecule has 1 aliphatic rings. The quantitative estimate of drug-likeness (QED) is 0.764. The van der Waals surface area contributed by atoms with Crippen molar-refractivity contribution in [1.82, 2.24) is 15.5 Å². The molecule has 1 fully saturated rings. The minimum Gasteiger partial charge on any atom is -0.445 e. The first-order valence-electron chi connectivity index (χ1n) is 8.68. The van der Waals surface area contributed by atoms with Crippen LogP contribution in [0.15, 0.2) is 30.3 Å². The van der Waals surface area contributed by atoms with Crippen molar-refractivity contribution in [3.05, 3.63) is 35.9 Å². The van der Waals surface area contributed by atoms with Crippen LogP contribution in [0.1, 0.15) is 25.3 Å². The van der Waals surface area contributed by atoms with Gasteiger partial charge in [-0.15, -0.1) is 0 Å². The average molecular weight is 337 g/mol. The molecule has 6 heteroatoms. The molecular formula is C18H28FN3O2. The summed E-state index contributed by atoms with van der Waals surface area (Å²) in [5, 5.41) is 5.91. The number of carbonyl (C=O) groups is 1. The summed E-state index contributed by atoms with van der Waals surface area (Å²) >= 11 is 0. The van der Waals surface area contributed by atoms with Crippen LogP contribution in [0.5, 0.6) is 0 Å². The summed E-state index contributed by atoms with van der Waals surface area (Å²) in [6.07, 6.45) is 0.665. The van der Waals surface area contributed by atoms with Crippen LogP contribution in [0.3, 0.4) is 0 Å². The van der Waals surface area contributed by atoms with E-state index in [9.17, 15) is 9.18 Å². The number of piperidine rings is 1. The molecule has 1 amide bonds. The van der Waals surface area contributed by atoms with Gasteiger partial charge in [0.1, 0.15) is 12.3 Å². The first kappa shape index (κ1) is 18.7. The van der Waals surface area contributed by atoms with Crippen LogP contribution < -0.4 is 10.6 Å². The molecule has 0 unspecified atom stereocenters. The number of rotatable bonds is 8. The Balaban J connectivity index is 1.64. The van der Waals surface area contributed by atoms with Gasteiger partial charge in [0.25, 0.3) is 0 Å². The van der Waals surface area contributed by atoms with E-state index >= 15 is 0 Å². The molecule has 1 saturated heterocycles. The maximum absolute atomic E-state index is 14.7. The second-order valence-electron chi connectivity index (χ2n) is 6.26. The lowest BCUT2D eigenvalue weighted by Gasteiger charge is -2.34. The highest BCUT2D eigenvalue weighted by Gasteiger charge is 2.33. The minimum absolute atomic E-state index is 0.255. The molecule has 0 atom stereocenters. The van der Waals surface area contributed by atoms with Gasteiger partial charge >= 0.3 is 6.09 Å². The number of alkyl carbamates (subject to hydrolysis) is 1. The Labute approximate surface area is 143 Å². The number of benzene rings is 1. The van der Waals surface area contributed by atoms with Gasteiger partial charge in [-0.2, -0.15) is 0 Å². The fourth-order valence-corrected chi connectivity index (χ4v) is 2.87. The molecule has 0 radical (unpaired) electrons. The zero-order valence-electron chi connectivity index (χ0n) is 14.4. The molecular weight excluding hydrogens is 309 g/mol. The zero-order valence-corrected chi connectivity index (χ0v) is 14.4. The van der Waals surface area contributed by atoms with Gasteiger partial charge < -0.3 is 15.4 Å². The van der Waals surface area contributed by atoms with Gasteiger partial charge in [0.05, 0.1) is 0 Å². The minimum atomic E-state index is -1.12. The van der Waals surface area contributed by atoms with E-state index in [1.165, 1.54) is 0 Å². The Bertz CT molecular complexity index is 492. The molecule has 0 aliphatic carbocycles. The summed E-state index contributed by atoms with van der Waals surface area (Å²) in [7, 11) is 0. The Morgan fingerprint density at radius 3 is 2.71 bits per heavy atom. The van der Waals surface area contributed by atoms with Crippen molar-refractivity contribution in [2.24, 2.45) is 0 Å². The van der Waals surface area contributed by atoms with E-state index in [-0.39, 0.29) is 6.61 Å². The van der Waals surface area contributed by atoms with Crippen molar-refractivity contribution >= 4 is 6.09 Å². The first-order valence-corrected chi connectivity index (χ1v) is 8.68. The van der Waals surface area contributed by atoms with Crippen molar-refractivity contribution in [2.45, 2.75) is 32.0 Å². The third-order valence-corrected chi connectivity index (χ3v) is 4.36. The molecule has 0 bridgehead atoms. The Morgan fingerprint density at radius 2 is 2.04 bits per heavy atom. The Hall–Kier alpha value is -1.66. The Morgan fingerprint density at radius 1 is 1.33 bits per heavy atom. The lowest BCUT2D eigenvalue weighted by Crippen LogP contribution is -2.48. The van der Waals surface area contributed by atoms with Crippen molar-refractivity contribution in [1.29, 1.82) is 0 Å². The maximum atomic E-state index is 14.7. The van der Waals surface area contributed by atoms with E-state index < -0.39 is 11.8 Å².